The monoisotopic (exact) mass is 469 g/mol. The second-order valence-electron chi connectivity index (χ2n) is 9.05. The predicted molar refractivity (Wildman–Crippen MR) is 127 cm³/mol. The van der Waals surface area contributed by atoms with Crippen molar-refractivity contribution in [3.05, 3.63) is 36.4 Å². The number of para-hydroxylation sites is 2. The van der Waals surface area contributed by atoms with E-state index in [0.29, 0.717) is 40.5 Å². The molecule has 1 fully saturated rings. The molecule has 3 unspecified atom stereocenters. The number of ether oxygens (including phenoxy) is 1. The Hall–Kier alpha value is -3.14. The normalized spacial score (nSPS) is 19.5. The Balaban J connectivity index is 1.71. The van der Waals surface area contributed by atoms with E-state index < -0.39 is 6.43 Å². The summed E-state index contributed by atoms with van der Waals surface area (Å²) in [6, 6.07) is 7.21. The molecule has 0 saturated carbocycles. The number of anilines is 1. The molecule has 0 N–H and O–H groups in total. The van der Waals surface area contributed by atoms with Crippen LogP contribution in [0.25, 0.3) is 28.0 Å². The lowest BCUT2D eigenvalue weighted by molar-refractivity contribution is 0.0605. The quantitative estimate of drug-likeness (QED) is 0.376. The zero-order chi connectivity index (χ0) is 24.0. The summed E-state index contributed by atoms with van der Waals surface area (Å²) in [6.45, 7) is 6.85. The highest BCUT2D eigenvalue weighted by atomic mass is 19.3. The van der Waals surface area contributed by atoms with E-state index in [9.17, 15) is 8.78 Å². The molecule has 4 heterocycles. The molecule has 10 heteroatoms. The second kappa shape index (κ2) is 8.90. The summed E-state index contributed by atoms with van der Waals surface area (Å²) in [6.07, 6.45) is 2.10. The average Bonchev–Trinajstić information content (AvgIpc) is 3.54. The van der Waals surface area contributed by atoms with Gasteiger partial charge in [-0.05, 0) is 45.2 Å². The van der Waals surface area contributed by atoms with E-state index in [-0.39, 0.29) is 24.1 Å². The molecule has 180 valence electrons. The first-order valence-corrected chi connectivity index (χ1v) is 11.7. The summed E-state index contributed by atoms with van der Waals surface area (Å²) in [7, 11) is 1.90. The molecule has 1 aliphatic rings. The third kappa shape index (κ3) is 3.89. The summed E-state index contributed by atoms with van der Waals surface area (Å²) in [4.78, 5) is 20.3. The van der Waals surface area contributed by atoms with Gasteiger partial charge in [-0.15, -0.1) is 0 Å². The largest absolute Gasteiger partial charge is 0.373 e. The minimum Gasteiger partial charge on any atom is -0.373 e. The number of alkyl halides is 2. The zero-order valence-electron chi connectivity index (χ0n) is 19.8. The molecule has 8 nitrogen and oxygen atoms in total. The maximum absolute atomic E-state index is 14.1. The molecule has 3 atom stereocenters. The third-order valence-electron chi connectivity index (χ3n) is 6.59. The van der Waals surface area contributed by atoms with Crippen LogP contribution in [0.3, 0.4) is 0 Å². The fraction of sp³-hybridized carbons (Fsp3) is 0.500. The van der Waals surface area contributed by atoms with Crippen molar-refractivity contribution in [2.45, 2.75) is 64.7 Å². The minimum atomic E-state index is -2.77. The molecule has 0 aliphatic carbocycles. The van der Waals surface area contributed by atoms with Gasteiger partial charge in [0.05, 0.1) is 29.6 Å². The van der Waals surface area contributed by atoms with Crippen molar-refractivity contribution in [3.63, 3.8) is 0 Å². The van der Waals surface area contributed by atoms with Gasteiger partial charge in [0, 0.05) is 19.6 Å². The van der Waals surface area contributed by atoms with Crippen LogP contribution < -0.4 is 4.90 Å². The van der Waals surface area contributed by atoms with Gasteiger partial charge in [-0.1, -0.05) is 19.1 Å². The highest BCUT2D eigenvalue weighted by Crippen LogP contribution is 2.32. The van der Waals surface area contributed by atoms with Crippen LogP contribution in [-0.2, 0) is 4.74 Å². The van der Waals surface area contributed by atoms with Gasteiger partial charge in [0.2, 0.25) is 5.95 Å². The molecule has 0 spiro atoms. The smallest absolute Gasteiger partial charge is 0.296 e. The average molecular weight is 470 g/mol. The third-order valence-corrected chi connectivity index (χ3v) is 6.59. The van der Waals surface area contributed by atoms with Gasteiger partial charge in [-0.25, -0.2) is 18.7 Å². The Morgan fingerprint density at radius 3 is 2.68 bits per heavy atom. The van der Waals surface area contributed by atoms with E-state index in [4.69, 9.17) is 14.7 Å². The molecule has 0 amide bonds. The maximum Gasteiger partial charge on any atom is 0.296 e. The molecule has 4 aromatic rings. The number of imidazole rings is 2. The lowest BCUT2D eigenvalue weighted by atomic mass is 10.2. The highest BCUT2D eigenvalue weighted by Gasteiger charge is 2.28. The molecular weight excluding hydrogens is 440 g/mol. The Morgan fingerprint density at radius 1 is 1.18 bits per heavy atom. The molecule has 3 aromatic heterocycles. The molecule has 1 aliphatic heterocycles. The Morgan fingerprint density at radius 2 is 1.97 bits per heavy atom. The van der Waals surface area contributed by atoms with Crippen LogP contribution in [0.4, 0.5) is 14.7 Å². The molecule has 1 aromatic carbocycles. The summed E-state index contributed by atoms with van der Waals surface area (Å²) in [5.74, 6) is 0.383. The predicted octanol–water partition coefficient (Wildman–Crippen LogP) is 5.08. The van der Waals surface area contributed by atoms with Crippen LogP contribution in [0.5, 0.6) is 0 Å². The van der Waals surface area contributed by atoms with Crippen LogP contribution in [0.2, 0.25) is 0 Å². The molecule has 0 bridgehead atoms. The lowest BCUT2D eigenvalue weighted by Gasteiger charge is -2.22. The van der Waals surface area contributed by atoms with Crippen molar-refractivity contribution < 1.29 is 13.5 Å². The van der Waals surface area contributed by atoms with E-state index in [2.05, 4.69) is 30.7 Å². The van der Waals surface area contributed by atoms with Crippen LogP contribution in [0.1, 0.15) is 58.3 Å². The Labute approximate surface area is 196 Å². The van der Waals surface area contributed by atoms with Gasteiger partial charge >= 0.3 is 0 Å². The van der Waals surface area contributed by atoms with Crippen LogP contribution in [0.15, 0.2) is 30.6 Å². The van der Waals surface area contributed by atoms with Crippen LogP contribution in [0, 0.1) is 0 Å². The van der Waals surface area contributed by atoms with Crippen LogP contribution in [-0.4, -0.2) is 54.9 Å². The van der Waals surface area contributed by atoms with Crippen molar-refractivity contribution in [2.24, 2.45) is 0 Å². The Kier molecular flexibility index (Phi) is 5.93. The summed E-state index contributed by atoms with van der Waals surface area (Å²) in [5, 5.41) is 0. The molecule has 0 radical (unpaired) electrons. The number of halogens is 2. The lowest BCUT2D eigenvalue weighted by Crippen LogP contribution is -2.30. The van der Waals surface area contributed by atoms with Crippen molar-refractivity contribution in [3.8, 4) is 5.82 Å². The SMILES string of the molecule is CCC(C)n1cnc2c(-n3c(C(F)F)nc4ccccc43)nc(N(C)CC3CCC(C)O3)nc21. The first kappa shape index (κ1) is 22.6. The Bertz CT molecular complexity index is 1320. The molecular formula is C24H29F2N7O. The fourth-order valence-corrected chi connectivity index (χ4v) is 4.56. The number of likely N-dealkylation sites (N-methyl/N-ethyl adjacent to an activating group) is 1. The van der Waals surface area contributed by atoms with Crippen molar-refractivity contribution in [1.29, 1.82) is 0 Å². The topological polar surface area (TPSA) is 73.9 Å². The van der Waals surface area contributed by atoms with E-state index >= 15 is 0 Å². The number of rotatable bonds is 7. The van der Waals surface area contributed by atoms with Crippen molar-refractivity contribution >= 4 is 28.1 Å². The minimum absolute atomic E-state index is 0.0768. The van der Waals surface area contributed by atoms with Gasteiger partial charge in [-0.2, -0.15) is 9.97 Å². The highest BCUT2D eigenvalue weighted by molar-refractivity contribution is 5.85. The van der Waals surface area contributed by atoms with Gasteiger partial charge in [0.1, 0.15) is 0 Å². The number of fused-ring (bicyclic) bond motifs is 2. The summed E-state index contributed by atoms with van der Waals surface area (Å²) in [5.41, 5.74) is 2.11. The van der Waals surface area contributed by atoms with Gasteiger partial charge in [0.25, 0.3) is 6.43 Å². The summed E-state index contributed by atoms with van der Waals surface area (Å²) < 4.78 is 37.6. The van der Waals surface area contributed by atoms with E-state index in [1.165, 1.54) is 4.57 Å². The van der Waals surface area contributed by atoms with Gasteiger partial charge in [-0.3, -0.25) is 4.57 Å². The zero-order valence-corrected chi connectivity index (χ0v) is 19.8. The van der Waals surface area contributed by atoms with E-state index in [1.54, 1.807) is 30.6 Å². The van der Waals surface area contributed by atoms with Gasteiger partial charge < -0.3 is 14.2 Å². The maximum atomic E-state index is 14.1. The molecule has 34 heavy (non-hydrogen) atoms. The number of nitrogens with zero attached hydrogens (tertiary/aromatic N) is 7. The number of aromatic nitrogens is 6. The standard InChI is InChI=1S/C24H29F2N7O/c1-5-14(2)32-13-27-19-21(32)29-24(31(4)12-16-11-10-15(3)34-16)30-22(19)33-18-9-7-6-8-17(18)28-23(33)20(25)26/h6-9,13-16,20H,5,10-12H2,1-4H3. The van der Waals surface area contributed by atoms with Gasteiger partial charge in [0.15, 0.2) is 22.8 Å². The van der Waals surface area contributed by atoms with Crippen molar-refractivity contribution in [1.82, 2.24) is 29.1 Å². The van der Waals surface area contributed by atoms with Crippen molar-refractivity contribution in [2.75, 3.05) is 18.5 Å². The van der Waals surface area contributed by atoms with Crippen LogP contribution >= 0.6 is 0 Å². The number of hydrogen-bond donors (Lipinski definition) is 0. The number of hydrogen-bond acceptors (Lipinski definition) is 6. The summed E-state index contributed by atoms with van der Waals surface area (Å²) >= 11 is 0. The van der Waals surface area contributed by atoms with E-state index in [0.717, 1.165) is 19.3 Å². The first-order valence-electron chi connectivity index (χ1n) is 11.7. The molecule has 1 saturated heterocycles. The first-order chi connectivity index (χ1) is 16.4. The molecule has 5 rings (SSSR count). The van der Waals surface area contributed by atoms with E-state index in [1.807, 2.05) is 16.5 Å². The number of benzene rings is 1. The fourth-order valence-electron chi connectivity index (χ4n) is 4.56. The second-order valence-corrected chi connectivity index (χ2v) is 9.05.